The van der Waals surface area contributed by atoms with Gasteiger partial charge < -0.3 is 24.8 Å². The molecule has 3 aromatic rings. The van der Waals surface area contributed by atoms with Gasteiger partial charge in [0, 0.05) is 23.2 Å². The molecule has 6 nitrogen and oxygen atoms in total. The molecule has 1 amide bonds. The van der Waals surface area contributed by atoms with Crippen molar-refractivity contribution in [3.05, 3.63) is 87.9 Å². The second kappa shape index (κ2) is 11.2. The summed E-state index contributed by atoms with van der Waals surface area (Å²) in [7, 11) is 1.61. The van der Waals surface area contributed by atoms with Crippen LogP contribution in [0.4, 0.5) is 5.69 Å². The molecule has 206 valence electrons. The monoisotopic (exact) mass is 548 g/mol. The summed E-state index contributed by atoms with van der Waals surface area (Å²) in [6.07, 6.45) is 2.24. The highest BCUT2D eigenvalue weighted by molar-refractivity contribution is 6.30. The van der Waals surface area contributed by atoms with E-state index in [4.69, 9.17) is 21.1 Å². The van der Waals surface area contributed by atoms with Gasteiger partial charge in [0.1, 0.15) is 0 Å². The molecule has 39 heavy (non-hydrogen) atoms. The van der Waals surface area contributed by atoms with Gasteiger partial charge in [0.25, 0.3) is 0 Å². The molecule has 2 aliphatic heterocycles. The summed E-state index contributed by atoms with van der Waals surface area (Å²) >= 11 is 6.23. The molecule has 1 fully saturated rings. The zero-order valence-corrected chi connectivity index (χ0v) is 23.8. The van der Waals surface area contributed by atoms with Gasteiger partial charge in [-0.05, 0) is 98.8 Å². The van der Waals surface area contributed by atoms with E-state index < -0.39 is 5.60 Å². The first-order valence-corrected chi connectivity index (χ1v) is 14.1. The minimum Gasteiger partial charge on any atom is -0.493 e. The van der Waals surface area contributed by atoms with Crippen LogP contribution in [-0.2, 0) is 16.8 Å². The summed E-state index contributed by atoms with van der Waals surface area (Å²) in [6, 6.07) is 19.0. The van der Waals surface area contributed by atoms with Gasteiger partial charge in [-0.3, -0.25) is 4.79 Å². The van der Waals surface area contributed by atoms with Crippen LogP contribution in [0, 0.1) is 5.92 Å². The number of carbonyl (C=O) groups excluding carboxylic acids is 1. The van der Waals surface area contributed by atoms with E-state index in [1.165, 1.54) is 0 Å². The van der Waals surface area contributed by atoms with Crippen LogP contribution in [0.5, 0.6) is 11.5 Å². The number of halogens is 1. The highest BCUT2D eigenvalue weighted by atomic mass is 35.5. The average Bonchev–Trinajstić information content (AvgIpc) is 2.93. The topological polar surface area (TPSA) is 71.0 Å². The molecule has 1 unspecified atom stereocenters. The molecule has 5 rings (SSSR count). The highest BCUT2D eigenvalue weighted by Gasteiger charge is 2.38. The van der Waals surface area contributed by atoms with Crippen LogP contribution >= 0.6 is 11.6 Å². The van der Waals surface area contributed by atoms with E-state index >= 15 is 0 Å². The van der Waals surface area contributed by atoms with Gasteiger partial charge in [-0.1, -0.05) is 35.9 Å². The molecule has 1 saturated heterocycles. The molecule has 0 radical (unpaired) electrons. The number of anilines is 1. The smallest absolute Gasteiger partial charge is 0.232 e. The number of nitrogens with zero attached hydrogens (tertiary/aromatic N) is 1. The number of aliphatic hydroxyl groups is 1. The quantitative estimate of drug-likeness (QED) is 0.378. The summed E-state index contributed by atoms with van der Waals surface area (Å²) in [5.74, 6) is 1.38. The number of amides is 1. The Morgan fingerprint density at radius 2 is 1.79 bits per heavy atom. The lowest BCUT2D eigenvalue weighted by Gasteiger charge is -2.39. The van der Waals surface area contributed by atoms with E-state index in [0.29, 0.717) is 16.5 Å². The van der Waals surface area contributed by atoms with Crippen molar-refractivity contribution in [2.24, 2.45) is 5.92 Å². The molecule has 3 aromatic carbocycles. The predicted molar refractivity (Wildman–Crippen MR) is 155 cm³/mol. The Morgan fingerprint density at radius 3 is 2.41 bits per heavy atom. The average molecular weight is 549 g/mol. The van der Waals surface area contributed by atoms with Gasteiger partial charge in [-0.2, -0.15) is 0 Å². The first-order valence-electron chi connectivity index (χ1n) is 13.7. The lowest BCUT2D eigenvalue weighted by molar-refractivity contribution is -0.118. The first-order chi connectivity index (χ1) is 18.7. The maximum Gasteiger partial charge on any atom is 0.232 e. The van der Waals surface area contributed by atoms with E-state index in [2.05, 4.69) is 5.32 Å². The number of ether oxygens (including phenoxy) is 2. The number of fused-ring (bicyclic) bond motifs is 1. The number of carbonyl (C=O) groups is 1. The largest absolute Gasteiger partial charge is 0.493 e. The van der Waals surface area contributed by atoms with Crippen molar-refractivity contribution in [1.29, 1.82) is 0 Å². The van der Waals surface area contributed by atoms with E-state index in [9.17, 15) is 9.90 Å². The van der Waals surface area contributed by atoms with Crippen LogP contribution in [0.3, 0.4) is 0 Å². The van der Waals surface area contributed by atoms with Crippen molar-refractivity contribution < 1.29 is 19.4 Å². The molecular weight excluding hydrogens is 512 g/mol. The molecule has 0 aliphatic carbocycles. The number of nitrogens with one attached hydrogen (secondary N) is 1. The predicted octanol–water partition coefficient (Wildman–Crippen LogP) is 6.02. The molecule has 3 atom stereocenters. The minimum atomic E-state index is -0.959. The zero-order valence-electron chi connectivity index (χ0n) is 23.0. The number of rotatable bonds is 7. The molecule has 2 heterocycles. The Morgan fingerprint density at radius 1 is 1.08 bits per heavy atom. The number of benzene rings is 3. The van der Waals surface area contributed by atoms with Crippen LogP contribution in [0.25, 0.3) is 0 Å². The molecule has 0 saturated carbocycles. The molecule has 0 aromatic heterocycles. The Labute approximate surface area is 235 Å². The molecule has 2 N–H and O–H groups in total. The molecular formula is C32H37ClN2O4. The molecule has 2 aliphatic rings. The normalized spacial score (nSPS) is 20.9. The zero-order chi connectivity index (χ0) is 27.7. The van der Waals surface area contributed by atoms with Gasteiger partial charge >= 0.3 is 0 Å². The van der Waals surface area contributed by atoms with E-state index in [1.807, 2.05) is 86.3 Å². The van der Waals surface area contributed by atoms with Crippen LogP contribution in [0.2, 0.25) is 5.02 Å². The van der Waals surface area contributed by atoms with Gasteiger partial charge in [0.15, 0.2) is 11.5 Å². The SMILES string of the molecule is COc1cc2c(cc1OC(C)C)[C@H](c1ccc(Cl)cc1)N(c1ccc(C(C)(O)[C@H]3CCCNC3)cc1)C(=O)C2. The number of methoxy groups -OCH3 is 1. The van der Waals surface area contributed by atoms with E-state index in [1.54, 1.807) is 7.11 Å². The van der Waals surface area contributed by atoms with Crippen LogP contribution in [0.15, 0.2) is 60.7 Å². The van der Waals surface area contributed by atoms with Gasteiger partial charge in [0.2, 0.25) is 5.91 Å². The third kappa shape index (κ3) is 5.51. The highest BCUT2D eigenvalue weighted by Crippen LogP contribution is 2.44. The maximum atomic E-state index is 13.8. The summed E-state index contributed by atoms with van der Waals surface area (Å²) < 4.78 is 11.7. The number of hydrogen-bond acceptors (Lipinski definition) is 5. The lowest BCUT2D eigenvalue weighted by atomic mass is 9.78. The van der Waals surface area contributed by atoms with Crippen molar-refractivity contribution in [3.8, 4) is 11.5 Å². The second-order valence-electron chi connectivity index (χ2n) is 11.0. The van der Waals surface area contributed by atoms with Gasteiger partial charge in [-0.25, -0.2) is 0 Å². The van der Waals surface area contributed by atoms with E-state index in [0.717, 1.165) is 53.9 Å². The summed E-state index contributed by atoms with van der Waals surface area (Å²) in [6.45, 7) is 7.63. The minimum absolute atomic E-state index is 0.0157. The Balaban J connectivity index is 1.58. The number of piperidine rings is 1. The van der Waals surface area contributed by atoms with Crippen molar-refractivity contribution in [1.82, 2.24) is 5.32 Å². The lowest BCUT2D eigenvalue weighted by Crippen LogP contribution is -2.42. The molecule has 7 heteroatoms. The van der Waals surface area contributed by atoms with Crippen molar-refractivity contribution >= 4 is 23.2 Å². The van der Waals surface area contributed by atoms with Gasteiger partial charge in [-0.15, -0.1) is 0 Å². The van der Waals surface area contributed by atoms with Crippen molar-refractivity contribution in [3.63, 3.8) is 0 Å². The Bertz CT molecular complexity index is 1320. The van der Waals surface area contributed by atoms with Crippen LogP contribution in [0.1, 0.15) is 61.9 Å². The van der Waals surface area contributed by atoms with Gasteiger partial charge in [0.05, 0.1) is 31.3 Å². The standard InChI is InChI=1S/C32H37ClN2O4/c1-20(2)39-29-18-27-22(16-28(29)38-4)17-30(36)35(31(27)21-7-11-25(33)12-8-21)26-13-9-23(10-14-26)32(3,37)24-6-5-15-34-19-24/h7-14,16,18,20,24,31,34,37H,5-6,15,17,19H2,1-4H3/t24-,31-,32?/m0/s1. The summed E-state index contributed by atoms with van der Waals surface area (Å²) in [4.78, 5) is 15.6. The second-order valence-corrected chi connectivity index (χ2v) is 11.4. The Hall–Kier alpha value is -3.06. The number of hydrogen-bond donors (Lipinski definition) is 2. The first kappa shape index (κ1) is 27.5. The van der Waals surface area contributed by atoms with Crippen molar-refractivity contribution in [2.45, 2.75) is 57.8 Å². The fourth-order valence-corrected chi connectivity index (χ4v) is 5.98. The Kier molecular flexibility index (Phi) is 7.90. The third-order valence-electron chi connectivity index (χ3n) is 7.96. The third-order valence-corrected chi connectivity index (χ3v) is 8.21. The van der Waals surface area contributed by atoms with Crippen LogP contribution < -0.4 is 19.7 Å². The fourth-order valence-electron chi connectivity index (χ4n) is 5.86. The summed E-state index contributed by atoms with van der Waals surface area (Å²) in [5, 5.41) is 15.5. The molecule has 0 spiro atoms. The van der Waals surface area contributed by atoms with E-state index in [-0.39, 0.29) is 30.4 Å². The van der Waals surface area contributed by atoms with Crippen LogP contribution in [-0.4, -0.2) is 37.3 Å². The summed E-state index contributed by atoms with van der Waals surface area (Å²) in [5.41, 5.74) is 3.50. The molecule has 0 bridgehead atoms. The maximum absolute atomic E-state index is 13.8. The van der Waals surface area contributed by atoms with Crippen molar-refractivity contribution in [2.75, 3.05) is 25.1 Å². The fraction of sp³-hybridized carbons (Fsp3) is 0.406.